The van der Waals surface area contributed by atoms with Gasteiger partial charge < -0.3 is 9.72 Å². The summed E-state index contributed by atoms with van der Waals surface area (Å²) in [6, 6.07) is 12.7. The van der Waals surface area contributed by atoms with Crippen molar-refractivity contribution in [3.05, 3.63) is 53.9 Å². The zero-order valence-corrected chi connectivity index (χ0v) is 11.9. The van der Waals surface area contributed by atoms with Gasteiger partial charge >= 0.3 is 0 Å². The molecule has 1 N–H and O–H groups in total. The van der Waals surface area contributed by atoms with E-state index >= 15 is 0 Å². The maximum atomic E-state index is 4.87. The lowest BCUT2D eigenvalue weighted by Gasteiger charge is -2.33. The number of pyridine rings is 1. The number of rotatable bonds is 0. The van der Waals surface area contributed by atoms with Crippen LogP contribution >= 0.6 is 0 Å². The van der Waals surface area contributed by atoms with Crippen molar-refractivity contribution in [2.24, 2.45) is 0 Å². The smallest absolute Gasteiger partial charge is 0.138 e. The van der Waals surface area contributed by atoms with Crippen LogP contribution in [-0.4, -0.2) is 9.38 Å². The standard InChI is InChI=1S/C17H17N3/c1-11-8-9-20-14(10-11)18-15-12-6-4-5-7-13(12)19-17(2,3)16(15)20/h4-10,19H,1-3H3. The number of hydrogen-bond acceptors (Lipinski definition) is 2. The molecule has 0 bridgehead atoms. The fourth-order valence-corrected chi connectivity index (χ4v) is 3.13. The molecule has 20 heavy (non-hydrogen) atoms. The van der Waals surface area contributed by atoms with E-state index in [1.807, 2.05) is 0 Å². The number of nitrogens with one attached hydrogen (secondary N) is 1. The van der Waals surface area contributed by atoms with Gasteiger partial charge in [0, 0.05) is 17.4 Å². The molecule has 2 aromatic heterocycles. The van der Waals surface area contributed by atoms with Crippen molar-refractivity contribution in [3.8, 4) is 11.3 Å². The summed E-state index contributed by atoms with van der Waals surface area (Å²) in [6.07, 6.45) is 2.12. The number of aromatic nitrogens is 2. The summed E-state index contributed by atoms with van der Waals surface area (Å²) in [4.78, 5) is 4.87. The lowest BCUT2D eigenvalue weighted by atomic mass is 9.90. The molecule has 0 saturated heterocycles. The Bertz CT molecular complexity index is 827. The molecule has 0 saturated carbocycles. The van der Waals surface area contributed by atoms with Gasteiger partial charge in [-0.25, -0.2) is 4.98 Å². The number of fused-ring (bicyclic) bond motifs is 5. The van der Waals surface area contributed by atoms with Gasteiger partial charge in [0.2, 0.25) is 0 Å². The van der Waals surface area contributed by atoms with E-state index in [0.717, 1.165) is 17.0 Å². The number of aryl methyl sites for hydroxylation is 1. The highest BCUT2D eigenvalue weighted by atomic mass is 15.1. The van der Waals surface area contributed by atoms with E-state index in [2.05, 4.69) is 73.1 Å². The maximum Gasteiger partial charge on any atom is 0.138 e. The van der Waals surface area contributed by atoms with Crippen LogP contribution in [0.5, 0.6) is 0 Å². The van der Waals surface area contributed by atoms with E-state index in [-0.39, 0.29) is 5.54 Å². The summed E-state index contributed by atoms with van der Waals surface area (Å²) in [5, 5.41) is 3.62. The summed E-state index contributed by atoms with van der Waals surface area (Å²) in [5.41, 5.74) is 6.77. The molecule has 0 spiro atoms. The van der Waals surface area contributed by atoms with E-state index in [0.29, 0.717) is 0 Å². The van der Waals surface area contributed by atoms with E-state index in [1.165, 1.54) is 16.8 Å². The van der Waals surface area contributed by atoms with Crippen molar-refractivity contribution < 1.29 is 0 Å². The van der Waals surface area contributed by atoms with Gasteiger partial charge in [-0.3, -0.25) is 0 Å². The minimum absolute atomic E-state index is 0.141. The van der Waals surface area contributed by atoms with E-state index in [9.17, 15) is 0 Å². The molecule has 1 aliphatic heterocycles. The van der Waals surface area contributed by atoms with Gasteiger partial charge in [0.25, 0.3) is 0 Å². The fraction of sp³-hybridized carbons (Fsp3) is 0.235. The Morgan fingerprint density at radius 1 is 1.15 bits per heavy atom. The lowest BCUT2D eigenvalue weighted by Crippen LogP contribution is -2.33. The molecule has 3 heterocycles. The minimum Gasteiger partial charge on any atom is -0.374 e. The Kier molecular flexibility index (Phi) is 2.09. The Labute approximate surface area is 118 Å². The number of hydrogen-bond donors (Lipinski definition) is 1. The number of para-hydroxylation sites is 1. The van der Waals surface area contributed by atoms with Gasteiger partial charge in [0.05, 0.1) is 16.9 Å². The Balaban J connectivity index is 2.14. The molecule has 3 nitrogen and oxygen atoms in total. The Hall–Kier alpha value is -2.29. The largest absolute Gasteiger partial charge is 0.374 e. The van der Waals surface area contributed by atoms with E-state index in [4.69, 9.17) is 4.98 Å². The molecule has 0 aliphatic carbocycles. The highest BCUT2D eigenvalue weighted by Crippen LogP contribution is 2.42. The summed E-state index contributed by atoms with van der Waals surface area (Å²) in [7, 11) is 0. The second-order valence-electron chi connectivity index (χ2n) is 6.04. The normalized spacial score (nSPS) is 15.6. The van der Waals surface area contributed by atoms with Gasteiger partial charge in [-0.2, -0.15) is 0 Å². The number of anilines is 1. The van der Waals surface area contributed by atoms with Crippen LogP contribution in [0.15, 0.2) is 42.6 Å². The van der Waals surface area contributed by atoms with Crippen molar-refractivity contribution in [1.29, 1.82) is 0 Å². The molecule has 1 aromatic carbocycles. The second-order valence-corrected chi connectivity index (χ2v) is 6.04. The van der Waals surface area contributed by atoms with Crippen molar-refractivity contribution in [2.45, 2.75) is 26.3 Å². The third kappa shape index (κ3) is 1.43. The van der Waals surface area contributed by atoms with Gasteiger partial charge in [-0.1, -0.05) is 18.2 Å². The molecule has 0 atom stereocenters. The zero-order chi connectivity index (χ0) is 13.9. The molecule has 0 fully saturated rings. The monoisotopic (exact) mass is 263 g/mol. The molecule has 3 aromatic rings. The molecule has 3 heteroatoms. The van der Waals surface area contributed by atoms with Crippen LogP contribution in [0.4, 0.5) is 5.69 Å². The molecular weight excluding hydrogens is 246 g/mol. The van der Waals surface area contributed by atoms with Crippen LogP contribution in [-0.2, 0) is 5.54 Å². The highest BCUT2D eigenvalue weighted by molar-refractivity contribution is 5.83. The number of imidazole rings is 1. The topological polar surface area (TPSA) is 29.3 Å². The first-order chi connectivity index (χ1) is 9.56. The predicted octanol–water partition coefficient (Wildman–Crippen LogP) is 3.97. The lowest BCUT2D eigenvalue weighted by molar-refractivity contribution is 0.578. The van der Waals surface area contributed by atoms with E-state index in [1.54, 1.807) is 0 Å². The SMILES string of the molecule is Cc1ccn2c3c(nc2c1)-c1ccccc1NC3(C)C. The van der Waals surface area contributed by atoms with Gasteiger partial charge in [0.15, 0.2) is 0 Å². The molecule has 0 radical (unpaired) electrons. The molecular formula is C17H17N3. The molecule has 0 amide bonds. The zero-order valence-electron chi connectivity index (χ0n) is 11.9. The van der Waals surface area contributed by atoms with Crippen molar-refractivity contribution in [3.63, 3.8) is 0 Å². The molecule has 0 unspecified atom stereocenters. The first-order valence-corrected chi connectivity index (χ1v) is 6.93. The predicted molar refractivity (Wildman–Crippen MR) is 82.0 cm³/mol. The van der Waals surface area contributed by atoms with Gasteiger partial charge in [-0.05, 0) is 44.5 Å². The van der Waals surface area contributed by atoms with Crippen LogP contribution < -0.4 is 5.32 Å². The van der Waals surface area contributed by atoms with Crippen molar-refractivity contribution >= 4 is 11.3 Å². The molecule has 1 aliphatic rings. The summed E-state index contributed by atoms with van der Waals surface area (Å²) >= 11 is 0. The third-order valence-corrected chi connectivity index (χ3v) is 4.00. The molecule has 4 rings (SSSR count). The first-order valence-electron chi connectivity index (χ1n) is 6.93. The van der Waals surface area contributed by atoms with Crippen LogP contribution in [0.3, 0.4) is 0 Å². The average Bonchev–Trinajstić information content (AvgIpc) is 2.77. The van der Waals surface area contributed by atoms with Crippen LogP contribution in [0.25, 0.3) is 16.9 Å². The van der Waals surface area contributed by atoms with Crippen LogP contribution in [0, 0.1) is 6.92 Å². The first kappa shape index (κ1) is 11.5. The summed E-state index contributed by atoms with van der Waals surface area (Å²) < 4.78 is 2.20. The van der Waals surface area contributed by atoms with Gasteiger partial charge in [0.1, 0.15) is 5.65 Å². The minimum atomic E-state index is -0.141. The van der Waals surface area contributed by atoms with Crippen LogP contribution in [0.1, 0.15) is 25.1 Å². The fourth-order valence-electron chi connectivity index (χ4n) is 3.13. The Morgan fingerprint density at radius 3 is 2.80 bits per heavy atom. The Morgan fingerprint density at radius 2 is 1.95 bits per heavy atom. The van der Waals surface area contributed by atoms with Gasteiger partial charge in [-0.15, -0.1) is 0 Å². The quantitative estimate of drug-likeness (QED) is 0.665. The van der Waals surface area contributed by atoms with Crippen molar-refractivity contribution in [1.82, 2.24) is 9.38 Å². The molecule has 100 valence electrons. The highest BCUT2D eigenvalue weighted by Gasteiger charge is 2.34. The van der Waals surface area contributed by atoms with E-state index < -0.39 is 0 Å². The number of benzene rings is 1. The number of nitrogens with zero attached hydrogens (tertiary/aromatic N) is 2. The average molecular weight is 263 g/mol. The maximum absolute atomic E-state index is 4.87. The van der Waals surface area contributed by atoms with Crippen molar-refractivity contribution in [2.75, 3.05) is 5.32 Å². The third-order valence-electron chi connectivity index (χ3n) is 4.00. The summed E-state index contributed by atoms with van der Waals surface area (Å²) in [6.45, 7) is 6.51. The van der Waals surface area contributed by atoms with Crippen LogP contribution in [0.2, 0.25) is 0 Å². The summed E-state index contributed by atoms with van der Waals surface area (Å²) in [5.74, 6) is 0. The second kappa shape index (κ2) is 3.63.